The van der Waals surface area contributed by atoms with Gasteiger partial charge in [-0.3, -0.25) is 4.79 Å². The van der Waals surface area contributed by atoms with Gasteiger partial charge in [-0.1, -0.05) is 0 Å². The fraction of sp³-hybridized carbons (Fsp3) is 0.273. The second-order valence-electron chi connectivity index (χ2n) is 3.01. The van der Waals surface area contributed by atoms with E-state index in [1.54, 1.807) is 14.0 Å². The molecule has 1 aromatic rings. The molecule has 16 heavy (non-hydrogen) atoms. The minimum absolute atomic E-state index is 0.242. The Kier molecular flexibility index (Phi) is 3.80. The van der Waals surface area contributed by atoms with E-state index in [1.807, 2.05) is 0 Å². The van der Waals surface area contributed by atoms with Crippen LogP contribution in [-0.4, -0.2) is 28.9 Å². The molecular weight excluding hydrogens is 210 g/mol. The molecule has 0 N–H and O–H groups in total. The molecule has 5 nitrogen and oxygen atoms in total. The van der Waals surface area contributed by atoms with E-state index in [2.05, 4.69) is 0 Å². The topological polar surface area (TPSA) is 65.4 Å². The Morgan fingerprint density at radius 3 is 2.62 bits per heavy atom. The van der Waals surface area contributed by atoms with Crippen LogP contribution in [0.3, 0.4) is 0 Å². The van der Waals surface area contributed by atoms with Gasteiger partial charge in [0, 0.05) is 7.05 Å². The number of hydrogen-bond donors (Lipinski definition) is 0. The lowest BCUT2D eigenvalue weighted by Gasteiger charge is -2.04. The van der Waals surface area contributed by atoms with Crippen molar-refractivity contribution in [2.24, 2.45) is 7.05 Å². The Morgan fingerprint density at radius 1 is 1.44 bits per heavy atom. The second-order valence-corrected chi connectivity index (χ2v) is 3.01. The highest BCUT2D eigenvalue weighted by Crippen LogP contribution is 2.09. The normalized spacial score (nSPS) is 9.38. The van der Waals surface area contributed by atoms with Crippen molar-refractivity contribution in [2.75, 3.05) is 6.61 Å². The third kappa shape index (κ3) is 2.27. The summed E-state index contributed by atoms with van der Waals surface area (Å²) >= 11 is 0. The number of aromatic nitrogens is 1. The third-order valence-electron chi connectivity index (χ3n) is 2.05. The first-order chi connectivity index (χ1) is 7.61. The summed E-state index contributed by atoms with van der Waals surface area (Å²) in [6.07, 6.45) is 0.782. The van der Waals surface area contributed by atoms with Crippen LogP contribution in [0.4, 0.5) is 0 Å². The maximum absolute atomic E-state index is 11.4. The van der Waals surface area contributed by atoms with Crippen LogP contribution in [0.2, 0.25) is 0 Å². The molecule has 0 unspecified atom stereocenters. The van der Waals surface area contributed by atoms with Crippen LogP contribution < -0.4 is 0 Å². The first-order valence-corrected chi connectivity index (χ1v) is 4.69. The maximum atomic E-state index is 11.4. The fourth-order valence-corrected chi connectivity index (χ4v) is 1.30. The number of esters is 1. The molecule has 0 saturated heterocycles. The van der Waals surface area contributed by atoms with Crippen LogP contribution in [0.15, 0.2) is 18.2 Å². The minimum Gasteiger partial charge on any atom is -0.461 e. The van der Waals surface area contributed by atoms with Gasteiger partial charge in [0.2, 0.25) is 5.78 Å². The highest BCUT2D eigenvalue weighted by molar-refractivity contribution is 6.08. The number of hydrogen-bond acceptors (Lipinski definition) is 4. The second kappa shape index (κ2) is 5.09. The Balaban J connectivity index is 3.05. The molecule has 0 spiro atoms. The van der Waals surface area contributed by atoms with Gasteiger partial charge < -0.3 is 9.30 Å². The summed E-state index contributed by atoms with van der Waals surface area (Å²) < 4.78 is 6.19. The highest BCUT2D eigenvalue weighted by atomic mass is 16.5. The number of rotatable bonds is 4. The van der Waals surface area contributed by atoms with Gasteiger partial charge >= 0.3 is 5.97 Å². The summed E-state index contributed by atoms with van der Waals surface area (Å²) in [7, 11) is 1.55. The Morgan fingerprint density at radius 2 is 2.06 bits per heavy atom. The summed E-state index contributed by atoms with van der Waals surface area (Å²) in [5.41, 5.74) is 0.510. The maximum Gasteiger partial charge on any atom is 0.354 e. The third-order valence-corrected chi connectivity index (χ3v) is 2.05. The predicted octanol–water partition coefficient (Wildman–Crippen LogP) is 0.772. The molecule has 5 heteroatoms. The molecule has 1 aromatic heterocycles. The number of carbonyl (C=O) groups is 2. The lowest BCUT2D eigenvalue weighted by molar-refractivity contribution is 0.0515. The molecule has 0 saturated carbocycles. The van der Waals surface area contributed by atoms with E-state index >= 15 is 0 Å². The van der Waals surface area contributed by atoms with E-state index in [1.165, 1.54) is 22.6 Å². The summed E-state index contributed by atoms with van der Waals surface area (Å²) in [5.74, 6) is 0.409. The molecular formula is C11H11NO4. The van der Waals surface area contributed by atoms with Crippen molar-refractivity contribution in [3.8, 4) is 0 Å². The summed E-state index contributed by atoms with van der Waals surface area (Å²) in [6, 6.07) is 2.94. The quantitative estimate of drug-likeness (QED) is 0.326. The standard InChI is InChI=1S/C11H11NO4/c1-3-16-11(15)9-5-4-8(12(9)2)10(14)6-7-13/h4-6H,3H2,1-2H3. The average molecular weight is 221 g/mol. The Labute approximate surface area is 92.3 Å². The van der Waals surface area contributed by atoms with E-state index in [0.717, 1.165) is 6.08 Å². The zero-order valence-corrected chi connectivity index (χ0v) is 9.02. The van der Waals surface area contributed by atoms with Gasteiger partial charge in [-0.2, -0.15) is 0 Å². The number of allylic oxidation sites excluding steroid dienone is 1. The van der Waals surface area contributed by atoms with Crippen LogP contribution in [0.25, 0.3) is 0 Å². The van der Waals surface area contributed by atoms with Crippen molar-refractivity contribution in [3.05, 3.63) is 29.6 Å². The molecule has 0 amide bonds. The predicted molar refractivity (Wildman–Crippen MR) is 56.0 cm³/mol. The molecule has 0 radical (unpaired) electrons. The van der Waals surface area contributed by atoms with E-state index in [0.29, 0.717) is 0 Å². The first-order valence-electron chi connectivity index (χ1n) is 4.69. The number of nitrogens with zero attached hydrogens (tertiary/aromatic N) is 1. The zero-order valence-electron chi connectivity index (χ0n) is 9.02. The van der Waals surface area contributed by atoms with Crippen LogP contribution in [-0.2, 0) is 16.6 Å². The Bertz CT molecular complexity index is 466. The smallest absolute Gasteiger partial charge is 0.354 e. The average Bonchev–Trinajstić information content (AvgIpc) is 2.61. The van der Waals surface area contributed by atoms with Gasteiger partial charge in [0.05, 0.1) is 18.4 Å². The van der Waals surface area contributed by atoms with Crippen molar-refractivity contribution in [3.63, 3.8) is 0 Å². The Hall–Kier alpha value is -2.13. The van der Waals surface area contributed by atoms with E-state index in [-0.39, 0.29) is 18.0 Å². The zero-order chi connectivity index (χ0) is 12.1. The molecule has 0 aliphatic carbocycles. The van der Waals surface area contributed by atoms with Gasteiger partial charge in [0.15, 0.2) is 0 Å². The van der Waals surface area contributed by atoms with Crippen molar-refractivity contribution >= 4 is 17.7 Å². The summed E-state index contributed by atoms with van der Waals surface area (Å²) in [4.78, 5) is 32.8. The van der Waals surface area contributed by atoms with E-state index in [9.17, 15) is 14.4 Å². The van der Waals surface area contributed by atoms with Crippen molar-refractivity contribution < 1.29 is 19.1 Å². The number of ether oxygens (including phenoxy) is 1. The fourth-order valence-electron chi connectivity index (χ4n) is 1.30. The van der Waals surface area contributed by atoms with Crippen molar-refractivity contribution in [1.82, 2.24) is 4.57 Å². The first kappa shape index (κ1) is 11.9. The number of ketones is 1. The number of carbonyl (C=O) groups excluding carboxylic acids is 3. The van der Waals surface area contributed by atoms with Crippen molar-refractivity contribution in [1.29, 1.82) is 0 Å². The van der Waals surface area contributed by atoms with Gasteiger partial charge in [-0.05, 0) is 19.1 Å². The van der Waals surface area contributed by atoms with Gasteiger partial charge in [0.1, 0.15) is 11.6 Å². The van der Waals surface area contributed by atoms with Crippen LogP contribution in [0, 0.1) is 0 Å². The highest BCUT2D eigenvalue weighted by Gasteiger charge is 2.16. The van der Waals surface area contributed by atoms with Gasteiger partial charge in [-0.25, -0.2) is 9.59 Å². The van der Waals surface area contributed by atoms with Crippen LogP contribution in [0.1, 0.15) is 27.9 Å². The molecule has 0 atom stereocenters. The van der Waals surface area contributed by atoms with Crippen LogP contribution in [0.5, 0.6) is 0 Å². The molecule has 0 aliphatic heterocycles. The minimum atomic E-state index is -0.501. The molecule has 1 heterocycles. The largest absolute Gasteiger partial charge is 0.461 e. The summed E-state index contributed by atoms with van der Waals surface area (Å²) in [5, 5.41) is 0. The monoisotopic (exact) mass is 221 g/mol. The molecule has 0 bridgehead atoms. The lowest BCUT2D eigenvalue weighted by Crippen LogP contribution is -2.12. The SMILES string of the molecule is CCOC(=O)c1ccc(C(=O)C=C=O)n1C. The van der Waals surface area contributed by atoms with Crippen LogP contribution >= 0.6 is 0 Å². The molecule has 0 fully saturated rings. The molecule has 0 aromatic carbocycles. The molecule has 0 aliphatic rings. The van der Waals surface area contributed by atoms with Crippen molar-refractivity contribution in [2.45, 2.75) is 6.92 Å². The molecule has 1 rings (SSSR count). The van der Waals surface area contributed by atoms with Gasteiger partial charge in [-0.15, -0.1) is 0 Å². The lowest BCUT2D eigenvalue weighted by atomic mass is 10.3. The van der Waals surface area contributed by atoms with Gasteiger partial charge in [0.25, 0.3) is 0 Å². The summed E-state index contributed by atoms with van der Waals surface area (Å²) in [6.45, 7) is 1.96. The van der Waals surface area contributed by atoms with E-state index < -0.39 is 11.8 Å². The van der Waals surface area contributed by atoms with E-state index in [4.69, 9.17) is 4.74 Å². The molecule has 84 valence electrons.